The highest BCUT2D eigenvalue weighted by Crippen LogP contribution is 2.18. The fourth-order valence-corrected chi connectivity index (χ4v) is 3.18. The van der Waals surface area contributed by atoms with Crippen molar-refractivity contribution in [3.8, 4) is 5.82 Å². The zero-order valence-corrected chi connectivity index (χ0v) is 18.7. The predicted octanol–water partition coefficient (Wildman–Crippen LogP) is 3.83. The van der Waals surface area contributed by atoms with E-state index in [4.69, 9.17) is 16.3 Å². The number of carbonyl (C=O) groups is 2. The molecule has 0 spiro atoms. The molecule has 0 atom stereocenters. The molecule has 8 heteroatoms. The molecule has 0 N–H and O–H groups in total. The monoisotopic (exact) mass is 420 g/mol. The van der Waals surface area contributed by atoms with Crippen molar-refractivity contribution in [2.45, 2.75) is 41.5 Å². The van der Waals surface area contributed by atoms with Crippen molar-refractivity contribution in [2.75, 3.05) is 19.7 Å². The number of nitrogens with zero attached hydrogens (tertiary/aromatic N) is 4. The number of rotatable bonds is 8. The van der Waals surface area contributed by atoms with E-state index in [0.717, 1.165) is 11.4 Å². The Morgan fingerprint density at radius 2 is 1.76 bits per heavy atom. The summed E-state index contributed by atoms with van der Waals surface area (Å²) in [6.07, 6.45) is 0. The van der Waals surface area contributed by atoms with Gasteiger partial charge in [-0.1, -0.05) is 39.3 Å². The Balaban J connectivity index is 2.13. The average molecular weight is 421 g/mol. The molecule has 0 bridgehead atoms. The summed E-state index contributed by atoms with van der Waals surface area (Å²) in [5.74, 6) is 0.135. The molecule has 0 saturated heterocycles. The lowest BCUT2D eigenvalue weighted by Crippen LogP contribution is -2.39. The van der Waals surface area contributed by atoms with Crippen molar-refractivity contribution in [1.29, 1.82) is 0 Å². The first-order valence-electron chi connectivity index (χ1n) is 9.73. The van der Waals surface area contributed by atoms with Crippen LogP contribution < -0.4 is 0 Å². The van der Waals surface area contributed by atoms with Crippen LogP contribution in [0, 0.1) is 25.7 Å². The Hall–Kier alpha value is -2.41. The summed E-state index contributed by atoms with van der Waals surface area (Å²) >= 11 is 6.15. The van der Waals surface area contributed by atoms with Gasteiger partial charge in [0.05, 0.1) is 10.7 Å². The fraction of sp³-hybridized carbons (Fsp3) is 0.524. The van der Waals surface area contributed by atoms with Gasteiger partial charge >= 0.3 is 5.97 Å². The van der Waals surface area contributed by atoms with E-state index in [1.165, 1.54) is 0 Å². The largest absolute Gasteiger partial charge is 0.451 e. The molecule has 0 radical (unpaired) electrons. The number of carbonyl (C=O) groups excluding carboxylic acids is 2. The third-order valence-electron chi connectivity index (χ3n) is 4.10. The van der Waals surface area contributed by atoms with Gasteiger partial charge in [0.15, 0.2) is 18.1 Å². The fourth-order valence-electron chi connectivity index (χ4n) is 3.00. The van der Waals surface area contributed by atoms with Crippen LogP contribution in [0.4, 0.5) is 0 Å². The van der Waals surface area contributed by atoms with E-state index in [9.17, 15) is 9.59 Å². The molecule has 0 unspecified atom stereocenters. The minimum atomic E-state index is -0.735. The number of aryl methyl sites for hydroxylation is 2. The molecule has 0 aromatic carbocycles. The molecule has 0 saturated carbocycles. The maximum absolute atomic E-state index is 12.6. The number of hydrogen-bond acceptors (Lipinski definition) is 5. The molecule has 29 heavy (non-hydrogen) atoms. The molecule has 1 amide bonds. The second-order valence-electron chi connectivity index (χ2n) is 8.00. The molecule has 2 aromatic rings. The van der Waals surface area contributed by atoms with Gasteiger partial charge in [0.2, 0.25) is 0 Å². The van der Waals surface area contributed by atoms with Gasteiger partial charge in [-0.05, 0) is 43.9 Å². The van der Waals surface area contributed by atoms with E-state index in [1.54, 1.807) is 21.7 Å². The van der Waals surface area contributed by atoms with Gasteiger partial charge in [0.25, 0.3) is 5.91 Å². The lowest BCUT2D eigenvalue weighted by Gasteiger charge is -2.26. The van der Waals surface area contributed by atoms with Gasteiger partial charge in [0.1, 0.15) is 0 Å². The van der Waals surface area contributed by atoms with Crippen LogP contribution in [0.5, 0.6) is 0 Å². The summed E-state index contributed by atoms with van der Waals surface area (Å²) in [5, 5.41) is 4.52. The van der Waals surface area contributed by atoms with Crippen LogP contribution in [0.3, 0.4) is 0 Å². The third kappa shape index (κ3) is 6.29. The maximum atomic E-state index is 12.6. The van der Waals surface area contributed by atoms with Crippen LogP contribution in [0.1, 0.15) is 49.6 Å². The highest BCUT2D eigenvalue weighted by Gasteiger charge is 2.21. The topological polar surface area (TPSA) is 77.3 Å². The van der Waals surface area contributed by atoms with Gasteiger partial charge in [-0.2, -0.15) is 5.10 Å². The first-order valence-corrected chi connectivity index (χ1v) is 10.1. The number of halogens is 1. The van der Waals surface area contributed by atoms with Crippen molar-refractivity contribution in [2.24, 2.45) is 11.8 Å². The number of esters is 1. The Bertz CT molecular complexity index is 867. The smallest absolute Gasteiger partial charge is 0.359 e. The van der Waals surface area contributed by atoms with Gasteiger partial charge < -0.3 is 9.64 Å². The Labute approximate surface area is 177 Å². The van der Waals surface area contributed by atoms with Crippen LogP contribution in [0.2, 0.25) is 5.02 Å². The lowest BCUT2D eigenvalue weighted by atomic mass is 10.1. The normalized spacial score (nSPS) is 11.2. The van der Waals surface area contributed by atoms with Gasteiger partial charge in [0, 0.05) is 18.8 Å². The molecule has 7 nitrogen and oxygen atoms in total. The van der Waals surface area contributed by atoms with E-state index >= 15 is 0 Å². The summed E-state index contributed by atoms with van der Waals surface area (Å²) in [6, 6.07) is 5.16. The molecule has 2 rings (SSSR count). The lowest BCUT2D eigenvalue weighted by molar-refractivity contribution is -0.135. The second-order valence-corrected chi connectivity index (χ2v) is 8.41. The first-order chi connectivity index (χ1) is 13.6. The predicted molar refractivity (Wildman–Crippen MR) is 112 cm³/mol. The Morgan fingerprint density at radius 1 is 1.14 bits per heavy atom. The van der Waals surface area contributed by atoms with Crippen molar-refractivity contribution in [1.82, 2.24) is 19.7 Å². The molecule has 0 aliphatic rings. The van der Waals surface area contributed by atoms with Crippen LogP contribution in [0.25, 0.3) is 5.82 Å². The standard InChI is InChI=1S/C21H29ClN4O3/c1-13(2)10-25(11-14(3)4)19(27)12-29-21(28)20-17(22)7-8-18(23-20)26-16(6)9-15(5)24-26/h7-9,13-14H,10-12H2,1-6H3. The third-order valence-corrected chi connectivity index (χ3v) is 4.41. The zero-order chi connectivity index (χ0) is 21.7. The summed E-state index contributed by atoms with van der Waals surface area (Å²) < 4.78 is 6.86. The van der Waals surface area contributed by atoms with Gasteiger partial charge in [-0.25, -0.2) is 14.5 Å². The molecule has 0 aliphatic heterocycles. The summed E-state index contributed by atoms with van der Waals surface area (Å²) in [6.45, 7) is 12.8. The minimum Gasteiger partial charge on any atom is -0.451 e. The van der Waals surface area contributed by atoms with E-state index in [0.29, 0.717) is 30.7 Å². The van der Waals surface area contributed by atoms with Crippen molar-refractivity contribution in [3.05, 3.63) is 40.3 Å². The second kappa shape index (κ2) is 9.87. The van der Waals surface area contributed by atoms with Gasteiger partial charge in [-0.3, -0.25) is 4.79 Å². The Kier molecular flexibility index (Phi) is 7.79. The quantitative estimate of drug-likeness (QED) is 0.606. The number of amides is 1. The van der Waals surface area contributed by atoms with Crippen LogP contribution >= 0.6 is 11.6 Å². The molecular formula is C21H29ClN4O3. The highest BCUT2D eigenvalue weighted by molar-refractivity contribution is 6.33. The number of hydrogen-bond donors (Lipinski definition) is 0. The minimum absolute atomic E-state index is 0.0382. The SMILES string of the molecule is Cc1cc(C)n(-c2ccc(Cl)c(C(=O)OCC(=O)N(CC(C)C)CC(C)C)n2)n1. The van der Waals surface area contributed by atoms with Crippen LogP contribution in [-0.2, 0) is 9.53 Å². The number of aromatic nitrogens is 3. The van der Waals surface area contributed by atoms with E-state index in [2.05, 4.69) is 10.1 Å². The molecule has 158 valence electrons. The Morgan fingerprint density at radius 3 is 2.28 bits per heavy atom. The highest BCUT2D eigenvalue weighted by atomic mass is 35.5. The zero-order valence-electron chi connectivity index (χ0n) is 17.9. The number of pyridine rings is 1. The van der Waals surface area contributed by atoms with Crippen molar-refractivity contribution in [3.63, 3.8) is 0 Å². The van der Waals surface area contributed by atoms with E-state index in [1.807, 2.05) is 47.6 Å². The van der Waals surface area contributed by atoms with Gasteiger partial charge in [-0.15, -0.1) is 0 Å². The molecule has 2 heterocycles. The maximum Gasteiger partial charge on any atom is 0.359 e. The van der Waals surface area contributed by atoms with Crippen molar-refractivity contribution >= 4 is 23.5 Å². The number of ether oxygens (including phenoxy) is 1. The molecule has 2 aromatic heterocycles. The molecular weight excluding hydrogens is 392 g/mol. The molecule has 0 aliphatic carbocycles. The first kappa shape index (κ1) is 22.9. The summed E-state index contributed by atoms with van der Waals surface area (Å²) in [4.78, 5) is 31.1. The van der Waals surface area contributed by atoms with E-state index in [-0.39, 0.29) is 23.2 Å². The average Bonchev–Trinajstić information content (AvgIpc) is 2.96. The summed E-state index contributed by atoms with van der Waals surface area (Å²) in [7, 11) is 0. The molecule has 0 fully saturated rings. The van der Waals surface area contributed by atoms with Crippen molar-refractivity contribution < 1.29 is 14.3 Å². The van der Waals surface area contributed by atoms with Crippen LogP contribution in [-0.4, -0.2) is 51.2 Å². The summed E-state index contributed by atoms with van der Waals surface area (Å²) in [5.41, 5.74) is 1.68. The van der Waals surface area contributed by atoms with E-state index < -0.39 is 5.97 Å². The van der Waals surface area contributed by atoms with Crippen LogP contribution in [0.15, 0.2) is 18.2 Å².